The van der Waals surface area contributed by atoms with Crippen molar-refractivity contribution in [1.82, 2.24) is 5.32 Å². The van der Waals surface area contributed by atoms with Gasteiger partial charge in [-0.15, -0.1) is 0 Å². The first-order chi connectivity index (χ1) is 7.80. The Morgan fingerprint density at radius 2 is 1.88 bits per heavy atom. The Bertz CT molecular complexity index is 372. The molecule has 0 fully saturated rings. The molecule has 1 aromatic rings. The standard InChI is InChI=1S/C14H21F2N/c1-10(2)17-9-14(3,4)8-11-7-12(15)5-6-13(11)16/h5-7,10,17H,8-9H2,1-4H3. The minimum absolute atomic E-state index is 0.0983. The number of rotatable bonds is 5. The van der Waals surface area contributed by atoms with Gasteiger partial charge in [-0.05, 0) is 35.6 Å². The van der Waals surface area contributed by atoms with Crippen molar-refractivity contribution in [2.24, 2.45) is 5.41 Å². The van der Waals surface area contributed by atoms with Gasteiger partial charge in [-0.1, -0.05) is 27.7 Å². The Balaban J connectivity index is 2.71. The lowest BCUT2D eigenvalue weighted by Gasteiger charge is -2.26. The minimum atomic E-state index is -0.381. The Labute approximate surface area is 102 Å². The molecular formula is C14H21F2N. The highest BCUT2D eigenvalue weighted by Gasteiger charge is 2.20. The molecule has 0 aliphatic rings. The van der Waals surface area contributed by atoms with Crippen molar-refractivity contribution < 1.29 is 8.78 Å². The molecule has 0 atom stereocenters. The summed E-state index contributed by atoms with van der Waals surface area (Å²) >= 11 is 0. The maximum Gasteiger partial charge on any atom is 0.126 e. The molecule has 1 rings (SSSR count). The van der Waals surface area contributed by atoms with E-state index in [4.69, 9.17) is 0 Å². The zero-order chi connectivity index (χ0) is 13.1. The molecule has 0 saturated carbocycles. The first kappa shape index (κ1) is 14.1. The lowest BCUT2D eigenvalue weighted by atomic mass is 9.85. The highest BCUT2D eigenvalue weighted by atomic mass is 19.1. The zero-order valence-electron chi connectivity index (χ0n) is 11.0. The van der Waals surface area contributed by atoms with Crippen LogP contribution in [0.5, 0.6) is 0 Å². The van der Waals surface area contributed by atoms with Crippen molar-refractivity contribution in [2.45, 2.75) is 40.2 Å². The predicted molar refractivity (Wildman–Crippen MR) is 67.0 cm³/mol. The molecular weight excluding hydrogens is 220 g/mol. The van der Waals surface area contributed by atoms with Gasteiger partial charge in [0, 0.05) is 12.6 Å². The number of hydrogen-bond donors (Lipinski definition) is 1. The summed E-state index contributed by atoms with van der Waals surface area (Å²) in [6.45, 7) is 9.01. The highest BCUT2D eigenvalue weighted by Crippen LogP contribution is 2.23. The number of nitrogens with one attached hydrogen (secondary N) is 1. The molecule has 0 bridgehead atoms. The van der Waals surface area contributed by atoms with Gasteiger partial charge in [-0.2, -0.15) is 0 Å². The third-order valence-corrected chi connectivity index (χ3v) is 2.67. The van der Waals surface area contributed by atoms with Crippen molar-refractivity contribution in [2.75, 3.05) is 6.54 Å². The van der Waals surface area contributed by atoms with Crippen LogP contribution in [0.2, 0.25) is 0 Å². The highest BCUT2D eigenvalue weighted by molar-refractivity contribution is 5.20. The summed E-state index contributed by atoms with van der Waals surface area (Å²) in [5, 5.41) is 3.32. The van der Waals surface area contributed by atoms with E-state index < -0.39 is 0 Å². The Morgan fingerprint density at radius 1 is 1.24 bits per heavy atom. The molecule has 0 amide bonds. The third kappa shape index (κ3) is 4.82. The SMILES string of the molecule is CC(C)NCC(C)(C)Cc1cc(F)ccc1F. The van der Waals surface area contributed by atoms with Gasteiger partial charge in [0.25, 0.3) is 0 Å². The van der Waals surface area contributed by atoms with Gasteiger partial charge in [-0.25, -0.2) is 8.78 Å². The Kier molecular flexibility index (Phi) is 4.63. The average Bonchev–Trinajstić information content (AvgIpc) is 2.20. The number of halogens is 2. The first-order valence-electron chi connectivity index (χ1n) is 5.97. The monoisotopic (exact) mass is 241 g/mol. The molecule has 0 saturated heterocycles. The van der Waals surface area contributed by atoms with Crippen LogP contribution in [0.3, 0.4) is 0 Å². The average molecular weight is 241 g/mol. The van der Waals surface area contributed by atoms with E-state index in [2.05, 4.69) is 19.2 Å². The molecule has 0 aromatic heterocycles. The van der Waals surface area contributed by atoms with Crippen LogP contribution in [-0.4, -0.2) is 12.6 Å². The normalized spacial score (nSPS) is 12.2. The van der Waals surface area contributed by atoms with E-state index in [1.54, 1.807) is 0 Å². The van der Waals surface area contributed by atoms with Crippen molar-refractivity contribution in [3.8, 4) is 0 Å². The van der Waals surface area contributed by atoms with Gasteiger partial charge in [0.1, 0.15) is 11.6 Å². The number of hydrogen-bond acceptors (Lipinski definition) is 1. The summed E-state index contributed by atoms with van der Waals surface area (Å²) in [5.74, 6) is -0.710. The molecule has 0 spiro atoms. The lowest BCUT2D eigenvalue weighted by molar-refractivity contribution is 0.321. The van der Waals surface area contributed by atoms with Gasteiger partial charge in [0.05, 0.1) is 0 Å². The zero-order valence-corrected chi connectivity index (χ0v) is 11.0. The molecule has 0 radical (unpaired) electrons. The molecule has 1 aromatic carbocycles. The second kappa shape index (κ2) is 5.58. The molecule has 3 heteroatoms. The van der Waals surface area contributed by atoms with Crippen LogP contribution in [0.4, 0.5) is 8.78 Å². The van der Waals surface area contributed by atoms with Crippen molar-refractivity contribution in [3.63, 3.8) is 0 Å². The molecule has 96 valence electrons. The van der Waals surface area contributed by atoms with Gasteiger partial charge < -0.3 is 5.32 Å². The largest absolute Gasteiger partial charge is 0.314 e. The predicted octanol–water partition coefficient (Wildman–Crippen LogP) is 3.53. The fraction of sp³-hybridized carbons (Fsp3) is 0.571. The van der Waals surface area contributed by atoms with Crippen LogP contribution in [-0.2, 0) is 6.42 Å². The maximum atomic E-state index is 13.5. The van der Waals surface area contributed by atoms with E-state index in [0.29, 0.717) is 18.0 Å². The minimum Gasteiger partial charge on any atom is -0.314 e. The fourth-order valence-electron chi connectivity index (χ4n) is 1.74. The molecule has 0 heterocycles. The van der Waals surface area contributed by atoms with Gasteiger partial charge in [0.15, 0.2) is 0 Å². The van der Waals surface area contributed by atoms with Crippen LogP contribution in [0.15, 0.2) is 18.2 Å². The summed E-state index contributed by atoms with van der Waals surface area (Å²) in [6.07, 6.45) is 0.524. The van der Waals surface area contributed by atoms with Gasteiger partial charge >= 0.3 is 0 Å². The summed E-state index contributed by atoms with van der Waals surface area (Å²) in [5.41, 5.74) is 0.347. The van der Waals surface area contributed by atoms with Crippen LogP contribution >= 0.6 is 0 Å². The van der Waals surface area contributed by atoms with E-state index >= 15 is 0 Å². The Hall–Kier alpha value is -0.960. The summed E-state index contributed by atoms with van der Waals surface area (Å²) < 4.78 is 26.6. The molecule has 1 N–H and O–H groups in total. The molecule has 1 nitrogen and oxygen atoms in total. The van der Waals surface area contributed by atoms with E-state index in [0.717, 1.165) is 12.6 Å². The van der Waals surface area contributed by atoms with E-state index in [1.165, 1.54) is 12.1 Å². The van der Waals surface area contributed by atoms with Crippen LogP contribution in [0, 0.1) is 17.0 Å². The second-order valence-corrected chi connectivity index (χ2v) is 5.61. The number of benzene rings is 1. The smallest absolute Gasteiger partial charge is 0.126 e. The topological polar surface area (TPSA) is 12.0 Å². The quantitative estimate of drug-likeness (QED) is 0.831. The Morgan fingerprint density at radius 3 is 2.47 bits per heavy atom. The van der Waals surface area contributed by atoms with Crippen molar-refractivity contribution in [1.29, 1.82) is 0 Å². The lowest BCUT2D eigenvalue weighted by Crippen LogP contribution is -2.35. The van der Waals surface area contributed by atoms with Crippen LogP contribution < -0.4 is 5.32 Å². The molecule has 0 aliphatic heterocycles. The van der Waals surface area contributed by atoms with Crippen LogP contribution in [0.1, 0.15) is 33.3 Å². The molecule has 0 unspecified atom stereocenters. The van der Waals surface area contributed by atoms with Crippen LogP contribution in [0.25, 0.3) is 0 Å². The second-order valence-electron chi connectivity index (χ2n) is 5.61. The maximum absolute atomic E-state index is 13.5. The molecule has 0 aliphatic carbocycles. The van der Waals surface area contributed by atoms with Gasteiger partial charge in [-0.3, -0.25) is 0 Å². The summed E-state index contributed by atoms with van der Waals surface area (Å²) in [4.78, 5) is 0. The van der Waals surface area contributed by atoms with Crippen molar-refractivity contribution >= 4 is 0 Å². The third-order valence-electron chi connectivity index (χ3n) is 2.67. The summed E-state index contributed by atoms with van der Waals surface area (Å²) in [6, 6.07) is 4.02. The van der Waals surface area contributed by atoms with E-state index in [9.17, 15) is 8.78 Å². The first-order valence-corrected chi connectivity index (χ1v) is 5.97. The van der Waals surface area contributed by atoms with E-state index in [1.807, 2.05) is 13.8 Å². The summed E-state index contributed by atoms with van der Waals surface area (Å²) in [7, 11) is 0. The van der Waals surface area contributed by atoms with E-state index in [-0.39, 0.29) is 17.0 Å². The fourth-order valence-corrected chi connectivity index (χ4v) is 1.74. The molecule has 17 heavy (non-hydrogen) atoms. The van der Waals surface area contributed by atoms with Gasteiger partial charge in [0.2, 0.25) is 0 Å². The van der Waals surface area contributed by atoms with Crippen molar-refractivity contribution in [3.05, 3.63) is 35.4 Å².